The number of carbonyl (C=O) groups is 3. The summed E-state index contributed by atoms with van der Waals surface area (Å²) in [6, 6.07) is 0. The van der Waals surface area contributed by atoms with Crippen molar-refractivity contribution in [3.05, 3.63) is 24.3 Å². The van der Waals surface area contributed by atoms with Crippen LogP contribution in [-0.2, 0) is 28.6 Å². The van der Waals surface area contributed by atoms with Gasteiger partial charge in [-0.05, 0) is 44.9 Å². The summed E-state index contributed by atoms with van der Waals surface area (Å²) in [5, 5.41) is 0. The molecule has 1 unspecified atom stereocenters. The van der Waals surface area contributed by atoms with Crippen LogP contribution in [0.15, 0.2) is 24.3 Å². The molecule has 0 aliphatic heterocycles. The van der Waals surface area contributed by atoms with E-state index in [-0.39, 0.29) is 31.1 Å². The third-order valence-electron chi connectivity index (χ3n) is 10.5. The summed E-state index contributed by atoms with van der Waals surface area (Å²) in [5.74, 6) is -0.877. The molecule has 0 fully saturated rings. The molecule has 0 bridgehead atoms. The summed E-state index contributed by atoms with van der Waals surface area (Å²) in [5.41, 5.74) is 0. The SMILES string of the molecule is CCCCC/C=C\C=C/CCCCCCCCC(=O)OCC(COC(=O)CCCCCCCCCCC)OC(=O)CCCCCCCCCCCCCCC. The van der Waals surface area contributed by atoms with Crippen molar-refractivity contribution in [1.82, 2.24) is 0 Å². The lowest BCUT2D eigenvalue weighted by molar-refractivity contribution is -0.167. The highest BCUT2D eigenvalue weighted by Crippen LogP contribution is 2.15. The van der Waals surface area contributed by atoms with E-state index in [0.717, 1.165) is 64.2 Å². The van der Waals surface area contributed by atoms with Crippen molar-refractivity contribution in [3.63, 3.8) is 0 Å². The molecule has 0 aromatic heterocycles. The van der Waals surface area contributed by atoms with Gasteiger partial charge in [-0.3, -0.25) is 14.4 Å². The number of rotatable bonds is 43. The first-order chi connectivity index (χ1) is 27.0. The third kappa shape index (κ3) is 42.9. The first-order valence-electron chi connectivity index (χ1n) is 23.9. The minimum atomic E-state index is -0.768. The van der Waals surface area contributed by atoms with Crippen LogP contribution in [-0.4, -0.2) is 37.2 Å². The van der Waals surface area contributed by atoms with Crippen LogP contribution < -0.4 is 0 Å². The van der Waals surface area contributed by atoms with Crippen molar-refractivity contribution in [2.24, 2.45) is 0 Å². The van der Waals surface area contributed by atoms with Crippen LogP contribution in [0.2, 0.25) is 0 Å². The second-order valence-corrected chi connectivity index (χ2v) is 16.1. The standard InChI is InChI=1S/C49H90O6/c1-4-7-10-13-16-19-21-23-24-26-27-30-33-36-39-42-48(51)54-45-46(44-53-47(50)41-38-35-32-29-18-15-12-9-6-3)55-49(52)43-40-37-34-31-28-25-22-20-17-14-11-8-5-2/h16,19,21,23,46H,4-15,17-18,20,22,24-45H2,1-3H3/b19-16-,23-21-. The van der Waals surface area contributed by atoms with Gasteiger partial charge in [-0.25, -0.2) is 0 Å². The Bertz CT molecular complexity index is 896. The van der Waals surface area contributed by atoms with Gasteiger partial charge in [0.05, 0.1) is 0 Å². The molecule has 0 aliphatic carbocycles. The fraction of sp³-hybridized carbons (Fsp3) is 0.857. The molecule has 0 aliphatic rings. The van der Waals surface area contributed by atoms with Crippen LogP contribution >= 0.6 is 0 Å². The van der Waals surface area contributed by atoms with Crippen molar-refractivity contribution in [2.75, 3.05) is 13.2 Å². The maximum Gasteiger partial charge on any atom is 0.306 e. The van der Waals surface area contributed by atoms with E-state index in [1.54, 1.807) is 0 Å². The molecule has 0 radical (unpaired) electrons. The number of hydrogen-bond donors (Lipinski definition) is 0. The lowest BCUT2D eigenvalue weighted by Gasteiger charge is -2.18. The molecule has 0 spiro atoms. The van der Waals surface area contributed by atoms with Gasteiger partial charge in [0.1, 0.15) is 13.2 Å². The number of hydrogen-bond acceptors (Lipinski definition) is 6. The van der Waals surface area contributed by atoms with Crippen LogP contribution in [0.1, 0.15) is 252 Å². The van der Waals surface area contributed by atoms with Gasteiger partial charge in [0.15, 0.2) is 6.10 Å². The predicted molar refractivity (Wildman–Crippen MR) is 233 cm³/mol. The van der Waals surface area contributed by atoms with Crippen LogP contribution in [0.25, 0.3) is 0 Å². The highest BCUT2D eigenvalue weighted by molar-refractivity contribution is 5.71. The molecule has 6 heteroatoms. The second kappa shape index (κ2) is 44.6. The van der Waals surface area contributed by atoms with Gasteiger partial charge in [-0.2, -0.15) is 0 Å². The Morgan fingerprint density at radius 3 is 1.00 bits per heavy atom. The zero-order valence-electron chi connectivity index (χ0n) is 36.7. The number of carbonyl (C=O) groups excluding carboxylic acids is 3. The Morgan fingerprint density at radius 1 is 0.364 bits per heavy atom. The molecule has 6 nitrogen and oxygen atoms in total. The highest BCUT2D eigenvalue weighted by atomic mass is 16.6. The molecule has 0 saturated carbocycles. The summed E-state index contributed by atoms with van der Waals surface area (Å²) in [6.45, 7) is 6.59. The lowest BCUT2D eigenvalue weighted by Crippen LogP contribution is -2.30. The molecule has 0 aromatic rings. The lowest BCUT2D eigenvalue weighted by atomic mass is 10.0. The maximum atomic E-state index is 12.7. The number of esters is 3. The van der Waals surface area contributed by atoms with Crippen LogP contribution in [0, 0.1) is 0 Å². The van der Waals surface area contributed by atoms with E-state index in [0.29, 0.717) is 19.3 Å². The smallest absolute Gasteiger partial charge is 0.306 e. The monoisotopic (exact) mass is 775 g/mol. The Labute approximate surface area is 341 Å². The summed E-state index contributed by atoms with van der Waals surface area (Å²) < 4.78 is 16.7. The summed E-state index contributed by atoms with van der Waals surface area (Å²) in [4.78, 5) is 37.7. The second-order valence-electron chi connectivity index (χ2n) is 16.1. The van der Waals surface area contributed by atoms with E-state index >= 15 is 0 Å². The molecule has 0 heterocycles. The first-order valence-corrected chi connectivity index (χ1v) is 23.9. The zero-order valence-corrected chi connectivity index (χ0v) is 36.7. The molecular weight excluding hydrogens is 685 g/mol. The largest absolute Gasteiger partial charge is 0.462 e. The fourth-order valence-electron chi connectivity index (χ4n) is 6.84. The van der Waals surface area contributed by atoms with Gasteiger partial charge in [-0.15, -0.1) is 0 Å². The van der Waals surface area contributed by atoms with E-state index in [9.17, 15) is 14.4 Å². The molecule has 0 rings (SSSR count). The number of ether oxygens (including phenoxy) is 3. The van der Waals surface area contributed by atoms with E-state index in [1.807, 2.05) is 0 Å². The summed E-state index contributed by atoms with van der Waals surface area (Å²) in [7, 11) is 0. The van der Waals surface area contributed by atoms with Gasteiger partial charge in [0.2, 0.25) is 0 Å². The van der Waals surface area contributed by atoms with Crippen molar-refractivity contribution in [1.29, 1.82) is 0 Å². The molecule has 0 aromatic carbocycles. The Balaban J connectivity index is 4.34. The molecule has 322 valence electrons. The average Bonchev–Trinajstić information content (AvgIpc) is 3.18. The Morgan fingerprint density at radius 2 is 0.636 bits per heavy atom. The van der Waals surface area contributed by atoms with E-state index in [2.05, 4.69) is 45.1 Å². The van der Waals surface area contributed by atoms with Gasteiger partial charge < -0.3 is 14.2 Å². The molecule has 0 amide bonds. The average molecular weight is 775 g/mol. The minimum Gasteiger partial charge on any atom is -0.462 e. The van der Waals surface area contributed by atoms with Crippen molar-refractivity contribution >= 4 is 17.9 Å². The van der Waals surface area contributed by atoms with Crippen LogP contribution in [0.5, 0.6) is 0 Å². The molecule has 0 N–H and O–H groups in total. The molecular formula is C49H90O6. The maximum absolute atomic E-state index is 12.7. The quantitative estimate of drug-likeness (QED) is 0.0266. The Hall–Kier alpha value is -2.11. The topological polar surface area (TPSA) is 78.9 Å². The van der Waals surface area contributed by atoms with Crippen molar-refractivity contribution < 1.29 is 28.6 Å². The van der Waals surface area contributed by atoms with Crippen molar-refractivity contribution in [2.45, 2.75) is 258 Å². The fourth-order valence-corrected chi connectivity index (χ4v) is 6.84. The predicted octanol–water partition coefficient (Wildman–Crippen LogP) is 15.2. The van der Waals surface area contributed by atoms with Crippen LogP contribution in [0.3, 0.4) is 0 Å². The summed E-state index contributed by atoms with van der Waals surface area (Å²) in [6.07, 6.45) is 48.7. The van der Waals surface area contributed by atoms with E-state index < -0.39 is 6.10 Å². The third-order valence-corrected chi connectivity index (χ3v) is 10.5. The van der Waals surface area contributed by atoms with Gasteiger partial charge in [0.25, 0.3) is 0 Å². The normalized spacial score (nSPS) is 12.1. The molecule has 1 atom stereocenters. The first kappa shape index (κ1) is 52.9. The summed E-state index contributed by atoms with van der Waals surface area (Å²) >= 11 is 0. The van der Waals surface area contributed by atoms with Crippen molar-refractivity contribution in [3.8, 4) is 0 Å². The van der Waals surface area contributed by atoms with Gasteiger partial charge in [0, 0.05) is 19.3 Å². The molecule has 55 heavy (non-hydrogen) atoms. The van der Waals surface area contributed by atoms with Gasteiger partial charge >= 0.3 is 17.9 Å². The minimum absolute atomic E-state index is 0.0711. The highest BCUT2D eigenvalue weighted by Gasteiger charge is 2.19. The van der Waals surface area contributed by atoms with Crippen LogP contribution in [0.4, 0.5) is 0 Å². The van der Waals surface area contributed by atoms with Gasteiger partial charge in [-0.1, -0.05) is 212 Å². The number of allylic oxidation sites excluding steroid dienone is 4. The van der Waals surface area contributed by atoms with E-state index in [1.165, 1.54) is 148 Å². The zero-order chi connectivity index (χ0) is 40.1. The number of unbranched alkanes of at least 4 members (excludes halogenated alkanes) is 29. The Kier molecular flexibility index (Phi) is 42.9. The molecule has 0 saturated heterocycles. The van der Waals surface area contributed by atoms with E-state index in [4.69, 9.17) is 14.2 Å².